The van der Waals surface area contributed by atoms with E-state index in [0.29, 0.717) is 37.5 Å². The monoisotopic (exact) mass is 376 g/mol. The maximum Gasteiger partial charge on any atom is 0.224 e. The van der Waals surface area contributed by atoms with Gasteiger partial charge in [0, 0.05) is 12.1 Å². The van der Waals surface area contributed by atoms with Crippen molar-refractivity contribution >= 4 is 17.3 Å². The molecule has 28 heavy (non-hydrogen) atoms. The van der Waals surface area contributed by atoms with E-state index < -0.39 is 0 Å². The molecule has 0 unspecified atom stereocenters. The normalized spacial score (nSPS) is 10.3. The molecule has 3 rings (SSSR count). The van der Waals surface area contributed by atoms with E-state index in [1.807, 2.05) is 72.8 Å². The number of amides is 1. The molecule has 144 valence electrons. The number of nitrogen functional groups attached to an aromatic ring is 1. The van der Waals surface area contributed by atoms with Gasteiger partial charge in [-0.15, -0.1) is 0 Å². The van der Waals surface area contributed by atoms with Crippen LogP contribution in [0.2, 0.25) is 0 Å². The number of para-hydroxylation sites is 2. The first-order chi connectivity index (χ1) is 13.7. The first-order valence-corrected chi connectivity index (χ1v) is 9.24. The standard InChI is InChI=1S/C23H24N2O3/c24-21-9-4-5-10-22(21)27-16-6-11-23(26)25-19-12-14-20(15-13-19)28-17-18-7-2-1-3-8-18/h1-5,7-10,12-15H,6,11,16-17,24H2,(H,25,26). The van der Waals surface area contributed by atoms with Crippen LogP contribution in [0.1, 0.15) is 18.4 Å². The fourth-order valence-corrected chi connectivity index (χ4v) is 2.63. The fourth-order valence-electron chi connectivity index (χ4n) is 2.63. The summed E-state index contributed by atoms with van der Waals surface area (Å²) in [5.74, 6) is 1.35. The van der Waals surface area contributed by atoms with E-state index in [4.69, 9.17) is 15.2 Å². The molecule has 0 spiro atoms. The third-order valence-corrected chi connectivity index (χ3v) is 4.11. The van der Waals surface area contributed by atoms with Crippen LogP contribution in [0.5, 0.6) is 11.5 Å². The number of benzene rings is 3. The number of ether oxygens (including phenoxy) is 2. The number of carbonyl (C=O) groups is 1. The largest absolute Gasteiger partial charge is 0.491 e. The van der Waals surface area contributed by atoms with Gasteiger partial charge in [-0.05, 0) is 48.4 Å². The third-order valence-electron chi connectivity index (χ3n) is 4.11. The fraction of sp³-hybridized carbons (Fsp3) is 0.174. The van der Waals surface area contributed by atoms with Gasteiger partial charge in [0.15, 0.2) is 0 Å². The molecule has 0 atom stereocenters. The summed E-state index contributed by atoms with van der Waals surface area (Å²) in [6, 6.07) is 24.7. The number of rotatable bonds is 9. The predicted molar refractivity (Wildman–Crippen MR) is 111 cm³/mol. The zero-order valence-corrected chi connectivity index (χ0v) is 15.6. The van der Waals surface area contributed by atoms with Gasteiger partial charge in [-0.25, -0.2) is 0 Å². The van der Waals surface area contributed by atoms with Gasteiger partial charge in [0.1, 0.15) is 18.1 Å². The molecule has 1 amide bonds. The van der Waals surface area contributed by atoms with Gasteiger partial charge in [0.05, 0.1) is 12.3 Å². The van der Waals surface area contributed by atoms with Crippen LogP contribution < -0.4 is 20.5 Å². The second-order valence-electron chi connectivity index (χ2n) is 6.34. The summed E-state index contributed by atoms with van der Waals surface area (Å²) in [5.41, 5.74) is 8.27. The van der Waals surface area contributed by atoms with Crippen molar-refractivity contribution in [2.45, 2.75) is 19.4 Å². The smallest absolute Gasteiger partial charge is 0.224 e. The number of carbonyl (C=O) groups excluding carboxylic acids is 1. The number of nitrogens with two attached hydrogens (primary N) is 1. The van der Waals surface area contributed by atoms with Crippen LogP contribution in [0.3, 0.4) is 0 Å². The Labute approximate surface area is 165 Å². The van der Waals surface area contributed by atoms with Crippen molar-refractivity contribution in [1.82, 2.24) is 0 Å². The summed E-state index contributed by atoms with van der Waals surface area (Å²) in [5, 5.41) is 2.88. The molecule has 5 heteroatoms. The third kappa shape index (κ3) is 6.06. The van der Waals surface area contributed by atoms with Gasteiger partial charge in [-0.1, -0.05) is 42.5 Å². The highest BCUT2D eigenvalue weighted by Gasteiger charge is 2.04. The zero-order chi connectivity index (χ0) is 19.6. The Morgan fingerprint density at radius 2 is 1.57 bits per heavy atom. The van der Waals surface area contributed by atoms with Crippen LogP contribution >= 0.6 is 0 Å². The highest BCUT2D eigenvalue weighted by atomic mass is 16.5. The molecule has 0 radical (unpaired) electrons. The number of anilines is 2. The Morgan fingerprint density at radius 1 is 0.857 bits per heavy atom. The summed E-state index contributed by atoms with van der Waals surface area (Å²) in [4.78, 5) is 12.1. The van der Waals surface area contributed by atoms with Crippen LogP contribution in [0, 0.1) is 0 Å². The minimum atomic E-state index is -0.0532. The molecule has 0 aromatic heterocycles. The molecule has 3 N–H and O–H groups in total. The van der Waals surface area contributed by atoms with Crippen molar-refractivity contribution in [1.29, 1.82) is 0 Å². The minimum Gasteiger partial charge on any atom is -0.491 e. The maximum atomic E-state index is 12.1. The van der Waals surface area contributed by atoms with Crippen molar-refractivity contribution < 1.29 is 14.3 Å². The summed E-state index contributed by atoms with van der Waals surface area (Å²) in [6.45, 7) is 0.951. The average Bonchev–Trinajstić information content (AvgIpc) is 2.73. The van der Waals surface area contributed by atoms with Crippen molar-refractivity contribution in [3.05, 3.63) is 84.4 Å². The highest BCUT2D eigenvalue weighted by Crippen LogP contribution is 2.20. The lowest BCUT2D eigenvalue weighted by molar-refractivity contribution is -0.116. The lowest BCUT2D eigenvalue weighted by Gasteiger charge is -2.10. The second-order valence-corrected chi connectivity index (χ2v) is 6.34. The highest BCUT2D eigenvalue weighted by molar-refractivity contribution is 5.90. The van der Waals surface area contributed by atoms with Crippen LogP contribution in [0.15, 0.2) is 78.9 Å². The summed E-state index contributed by atoms with van der Waals surface area (Å²) < 4.78 is 11.3. The van der Waals surface area contributed by atoms with Crippen LogP contribution in [-0.2, 0) is 11.4 Å². The topological polar surface area (TPSA) is 73.6 Å². The number of nitrogens with one attached hydrogen (secondary N) is 1. The predicted octanol–water partition coefficient (Wildman–Crippen LogP) is 4.65. The molecule has 0 heterocycles. The Morgan fingerprint density at radius 3 is 2.32 bits per heavy atom. The zero-order valence-electron chi connectivity index (χ0n) is 15.6. The van der Waals surface area contributed by atoms with E-state index in [2.05, 4.69) is 5.32 Å². The van der Waals surface area contributed by atoms with Crippen LogP contribution in [-0.4, -0.2) is 12.5 Å². The Balaban J connectivity index is 1.37. The van der Waals surface area contributed by atoms with Gasteiger partial charge < -0.3 is 20.5 Å². The van der Waals surface area contributed by atoms with E-state index in [1.54, 1.807) is 6.07 Å². The molecule has 0 saturated heterocycles. The molecule has 0 aliphatic heterocycles. The maximum absolute atomic E-state index is 12.1. The van der Waals surface area contributed by atoms with Gasteiger partial charge in [0.25, 0.3) is 0 Å². The molecule has 3 aromatic carbocycles. The van der Waals surface area contributed by atoms with Crippen molar-refractivity contribution in [3.8, 4) is 11.5 Å². The quantitative estimate of drug-likeness (QED) is 0.421. The van der Waals surface area contributed by atoms with E-state index >= 15 is 0 Å². The van der Waals surface area contributed by atoms with Crippen LogP contribution in [0.4, 0.5) is 11.4 Å². The molecular weight excluding hydrogens is 352 g/mol. The van der Waals surface area contributed by atoms with Crippen LogP contribution in [0.25, 0.3) is 0 Å². The van der Waals surface area contributed by atoms with Gasteiger partial charge in [0.2, 0.25) is 5.91 Å². The van der Waals surface area contributed by atoms with Gasteiger partial charge in [-0.2, -0.15) is 0 Å². The van der Waals surface area contributed by atoms with Gasteiger partial charge >= 0.3 is 0 Å². The number of hydrogen-bond donors (Lipinski definition) is 2. The summed E-state index contributed by atoms with van der Waals surface area (Å²) >= 11 is 0. The number of hydrogen-bond acceptors (Lipinski definition) is 4. The first kappa shape index (κ1) is 19.3. The molecule has 0 aliphatic rings. The van der Waals surface area contributed by atoms with E-state index in [0.717, 1.165) is 17.0 Å². The Hall–Kier alpha value is -3.47. The molecule has 0 aliphatic carbocycles. The van der Waals surface area contributed by atoms with Crippen molar-refractivity contribution in [2.75, 3.05) is 17.7 Å². The molecule has 5 nitrogen and oxygen atoms in total. The molecule has 0 saturated carbocycles. The SMILES string of the molecule is Nc1ccccc1OCCCC(=O)Nc1ccc(OCc2ccccc2)cc1. The average molecular weight is 376 g/mol. The lowest BCUT2D eigenvalue weighted by Crippen LogP contribution is -2.13. The van der Waals surface area contributed by atoms with E-state index in [-0.39, 0.29) is 5.91 Å². The lowest BCUT2D eigenvalue weighted by atomic mass is 10.2. The second kappa shape index (κ2) is 10.0. The minimum absolute atomic E-state index is 0.0532. The Bertz CT molecular complexity index is 880. The van der Waals surface area contributed by atoms with E-state index in [9.17, 15) is 4.79 Å². The molecule has 0 bridgehead atoms. The summed E-state index contributed by atoms with van der Waals surface area (Å²) in [7, 11) is 0. The Kier molecular flexibility index (Phi) is 6.90. The molecule has 0 fully saturated rings. The first-order valence-electron chi connectivity index (χ1n) is 9.24. The summed E-state index contributed by atoms with van der Waals surface area (Å²) in [6.07, 6.45) is 0.984. The van der Waals surface area contributed by atoms with Crippen molar-refractivity contribution in [3.63, 3.8) is 0 Å². The van der Waals surface area contributed by atoms with Gasteiger partial charge in [-0.3, -0.25) is 4.79 Å². The molecule has 3 aromatic rings. The molecular formula is C23H24N2O3. The van der Waals surface area contributed by atoms with E-state index in [1.165, 1.54) is 0 Å². The van der Waals surface area contributed by atoms with Crippen molar-refractivity contribution in [2.24, 2.45) is 0 Å².